The van der Waals surface area contributed by atoms with Gasteiger partial charge in [-0.2, -0.15) is 0 Å². The van der Waals surface area contributed by atoms with Gasteiger partial charge in [0.15, 0.2) is 6.10 Å². The highest BCUT2D eigenvalue weighted by Crippen LogP contribution is 2.36. The van der Waals surface area contributed by atoms with Crippen molar-refractivity contribution in [3.8, 4) is 0 Å². The molecule has 1 aromatic carbocycles. The third kappa shape index (κ3) is 5.30. The van der Waals surface area contributed by atoms with Gasteiger partial charge < -0.3 is 10.1 Å². The molecule has 0 aliphatic heterocycles. The molecular formula is C18H20F2N2O6. The zero-order valence-electron chi connectivity index (χ0n) is 15.3. The number of ketones is 1. The lowest BCUT2D eigenvalue weighted by Crippen LogP contribution is -2.32. The Morgan fingerprint density at radius 1 is 1.39 bits per heavy atom. The summed E-state index contributed by atoms with van der Waals surface area (Å²) in [6, 6.07) is 2.50. The average molecular weight is 398 g/mol. The first-order valence-electron chi connectivity index (χ1n) is 8.68. The first-order valence-corrected chi connectivity index (χ1v) is 8.68. The van der Waals surface area contributed by atoms with E-state index in [1.807, 2.05) is 0 Å². The predicted octanol–water partition coefficient (Wildman–Crippen LogP) is 2.34. The molecule has 4 atom stereocenters. The maximum Gasteiger partial charge on any atom is 0.307 e. The molecule has 8 nitrogen and oxygen atoms in total. The Morgan fingerprint density at radius 2 is 2.07 bits per heavy atom. The maximum atomic E-state index is 13.6. The van der Waals surface area contributed by atoms with E-state index in [0.29, 0.717) is 0 Å². The molecular weight excluding hydrogens is 378 g/mol. The lowest BCUT2D eigenvalue weighted by atomic mass is 9.88. The average Bonchev–Trinajstić information content (AvgIpc) is 2.84. The second-order valence-corrected chi connectivity index (χ2v) is 6.88. The molecule has 1 aromatic rings. The molecule has 10 heteroatoms. The second kappa shape index (κ2) is 8.85. The lowest BCUT2D eigenvalue weighted by molar-refractivity contribution is -0.490. The van der Waals surface area contributed by atoms with Crippen molar-refractivity contribution < 1.29 is 32.8 Å². The standard InChI is InChI=1S/C18H20F2N2O6/c1-9-5-16(23)12(13(9)8-22(26)27)7-17(24)28-10(2)18(25)21-15-6-11(19)3-4-14(15)20/h3-4,6,9-10,12-13H,5,7-8H2,1-2H3,(H,21,25)/t9-,10+,12-,13-/m1/s1. The SMILES string of the molecule is C[C@H](OC(=O)C[C@H]1C(=O)C[C@@H](C)[C@H]1C[N+](=O)[O-])C(=O)Nc1cc(F)ccc1F. The fourth-order valence-electron chi connectivity index (χ4n) is 3.31. The summed E-state index contributed by atoms with van der Waals surface area (Å²) in [6.45, 7) is 2.51. The van der Waals surface area contributed by atoms with Crippen LogP contribution in [-0.4, -0.2) is 35.2 Å². The molecule has 0 spiro atoms. The van der Waals surface area contributed by atoms with E-state index < -0.39 is 58.6 Å². The van der Waals surface area contributed by atoms with Gasteiger partial charge in [0.2, 0.25) is 6.54 Å². The van der Waals surface area contributed by atoms with Crippen molar-refractivity contribution in [3.05, 3.63) is 39.9 Å². The molecule has 1 aliphatic rings. The van der Waals surface area contributed by atoms with Gasteiger partial charge in [-0.15, -0.1) is 0 Å². The van der Waals surface area contributed by atoms with Crippen LogP contribution in [0.2, 0.25) is 0 Å². The Labute approximate surface area is 159 Å². The summed E-state index contributed by atoms with van der Waals surface area (Å²) in [5.41, 5.74) is -0.404. The quantitative estimate of drug-likeness (QED) is 0.428. The van der Waals surface area contributed by atoms with Crippen LogP contribution in [0.4, 0.5) is 14.5 Å². The highest BCUT2D eigenvalue weighted by molar-refractivity contribution is 5.95. The molecule has 1 saturated carbocycles. The number of halogens is 2. The van der Waals surface area contributed by atoms with Crippen molar-refractivity contribution in [2.45, 2.75) is 32.8 Å². The third-order valence-corrected chi connectivity index (χ3v) is 4.79. The smallest absolute Gasteiger partial charge is 0.307 e. The van der Waals surface area contributed by atoms with Gasteiger partial charge in [0.1, 0.15) is 17.4 Å². The van der Waals surface area contributed by atoms with E-state index in [-0.39, 0.29) is 24.5 Å². The molecule has 1 N–H and O–H groups in total. The van der Waals surface area contributed by atoms with E-state index in [4.69, 9.17) is 4.74 Å². The van der Waals surface area contributed by atoms with Gasteiger partial charge >= 0.3 is 5.97 Å². The minimum atomic E-state index is -1.34. The maximum absolute atomic E-state index is 13.6. The van der Waals surface area contributed by atoms with Crippen LogP contribution in [0.3, 0.4) is 0 Å². The monoisotopic (exact) mass is 398 g/mol. The van der Waals surface area contributed by atoms with Crippen LogP contribution in [0, 0.1) is 39.5 Å². The van der Waals surface area contributed by atoms with Gasteiger partial charge in [0, 0.05) is 29.2 Å². The van der Waals surface area contributed by atoms with E-state index in [1.54, 1.807) is 6.92 Å². The van der Waals surface area contributed by atoms with E-state index in [9.17, 15) is 33.3 Å². The molecule has 0 heterocycles. The number of carbonyl (C=O) groups is 3. The lowest BCUT2D eigenvalue weighted by Gasteiger charge is -2.18. The number of ether oxygens (including phenoxy) is 1. The number of benzene rings is 1. The van der Waals surface area contributed by atoms with Crippen molar-refractivity contribution in [2.75, 3.05) is 11.9 Å². The summed E-state index contributed by atoms with van der Waals surface area (Å²) >= 11 is 0. The number of amides is 1. The Bertz CT molecular complexity index is 800. The Hall–Kier alpha value is -2.91. The molecule has 0 radical (unpaired) electrons. The van der Waals surface area contributed by atoms with Crippen molar-refractivity contribution in [1.29, 1.82) is 0 Å². The topological polar surface area (TPSA) is 116 Å². The van der Waals surface area contributed by atoms with Gasteiger partial charge in [-0.1, -0.05) is 6.92 Å². The Kier molecular flexibility index (Phi) is 6.76. The van der Waals surface area contributed by atoms with Crippen molar-refractivity contribution >= 4 is 23.3 Å². The molecule has 1 amide bonds. The minimum Gasteiger partial charge on any atom is -0.453 e. The normalized spacial score (nSPS) is 22.6. The van der Waals surface area contributed by atoms with Crippen LogP contribution < -0.4 is 5.32 Å². The highest BCUT2D eigenvalue weighted by Gasteiger charge is 2.44. The molecule has 152 valence electrons. The van der Waals surface area contributed by atoms with Crippen molar-refractivity contribution in [2.24, 2.45) is 17.8 Å². The van der Waals surface area contributed by atoms with E-state index in [1.165, 1.54) is 6.92 Å². The Morgan fingerprint density at radius 3 is 2.71 bits per heavy atom. The second-order valence-electron chi connectivity index (χ2n) is 6.88. The molecule has 1 fully saturated rings. The predicted molar refractivity (Wildman–Crippen MR) is 92.8 cm³/mol. The molecule has 0 bridgehead atoms. The van der Waals surface area contributed by atoms with Gasteiger partial charge in [-0.05, 0) is 25.0 Å². The van der Waals surface area contributed by atoms with Crippen LogP contribution in [0.15, 0.2) is 18.2 Å². The number of nitrogens with zero attached hydrogens (tertiary/aromatic N) is 1. The van der Waals surface area contributed by atoms with Crippen LogP contribution in [0.5, 0.6) is 0 Å². The first-order chi connectivity index (χ1) is 13.1. The first kappa shape index (κ1) is 21.4. The minimum absolute atomic E-state index is 0.144. The van der Waals surface area contributed by atoms with Crippen molar-refractivity contribution in [1.82, 2.24) is 0 Å². The summed E-state index contributed by atoms with van der Waals surface area (Å²) in [5, 5.41) is 12.9. The number of hydrogen-bond acceptors (Lipinski definition) is 6. The number of esters is 1. The van der Waals surface area contributed by atoms with Gasteiger partial charge in [-0.25, -0.2) is 8.78 Å². The summed E-state index contributed by atoms with van der Waals surface area (Å²) in [4.78, 5) is 46.5. The number of nitrogens with one attached hydrogen (secondary N) is 1. The molecule has 2 rings (SSSR count). The third-order valence-electron chi connectivity index (χ3n) is 4.79. The molecule has 0 saturated heterocycles. The molecule has 28 heavy (non-hydrogen) atoms. The number of rotatable bonds is 7. The van der Waals surface area contributed by atoms with Crippen LogP contribution >= 0.6 is 0 Å². The highest BCUT2D eigenvalue weighted by atomic mass is 19.1. The number of nitro groups is 1. The fourth-order valence-corrected chi connectivity index (χ4v) is 3.31. The summed E-state index contributed by atoms with van der Waals surface area (Å²) in [6.07, 6.45) is -1.57. The number of hydrogen-bond donors (Lipinski definition) is 1. The van der Waals surface area contributed by atoms with Gasteiger partial charge in [0.25, 0.3) is 5.91 Å². The fraction of sp³-hybridized carbons (Fsp3) is 0.500. The zero-order chi connectivity index (χ0) is 21.0. The Balaban J connectivity index is 1.95. The molecule has 1 aliphatic carbocycles. The summed E-state index contributed by atoms with van der Waals surface area (Å²) < 4.78 is 31.7. The van der Waals surface area contributed by atoms with Gasteiger partial charge in [-0.3, -0.25) is 24.5 Å². The van der Waals surface area contributed by atoms with Crippen LogP contribution in [0.1, 0.15) is 26.7 Å². The van der Waals surface area contributed by atoms with E-state index in [2.05, 4.69) is 5.32 Å². The summed E-state index contributed by atoms with van der Waals surface area (Å²) in [5.74, 6) is -5.28. The van der Waals surface area contributed by atoms with Gasteiger partial charge in [0.05, 0.1) is 12.1 Å². The van der Waals surface area contributed by atoms with E-state index >= 15 is 0 Å². The number of Topliss-reactive ketones (excluding diaryl/α,β-unsaturated/α-hetero) is 1. The molecule has 0 aromatic heterocycles. The number of anilines is 1. The van der Waals surface area contributed by atoms with Crippen LogP contribution in [-0.2, 0) is 19.1 Å². The van der Waals surface area contributed by atoms with Crippen LogP contribution in [0.25, 0.3) is 0 Å². The van der Waals surface area contributed by atoms with Crippen molar-refractivity contribution in [3.63, 3.8) is 0 Å². The van der Waals surface area contributed by atoms with E-state index in [0.717, 1.165) is 18.2 Å². The zero-order valence-corrected chi connectivity index (χ0v) is 15.3. The largest absolute Gasteiger partial charge is 0.453 e. The number of carbonyl (C=O) groups excluding carboxylic acids is 3. The summed E-state index contributed by atoms with van der Waals surface area (Å²) in [7, 11) is 0. The molecule has 0 unspecified atom stereocenters.